The zero-order valence-corrected chi connectivity index (χ0v) is 15.9. The maximum absolute atomic E-state index is 12.7. The van der Waals surface area contributed by atoms with Crippen LogP contribution in [0.5, 0.6) is 0 Å². The molecule has 26 heavy (non-hydrogen) atoms. The molecule has 1 N–H and O–H groups in total. The summed E-state index contributed by atoms with van der Waals surface area (Å²) in [6.07, 6.45) is 5.03. The van der Waals surface area contributed by atoms with Crippen molar-refractivity contribution in [1.82, 2.24) is 14.5 Å². The fourth-order valence-electron chi connectivity index (χ4n) is 2.63. The normalized spacial score (nSPS) is 17.1. The third-order valence-corrected chi connectivity index (χ3v) is 6.00. The number of hydrogen-bond donors (Lipinski definition) is 1. The van der Waals surface area contributed by atoms with Crippen LogP contribution >= 0.6 is 11.5 Å². The molecule has 0 spiro atoms. The average Bonchev–Trinajstić information content (AvgIpc) is 3.08. The molecule has 1 aromatic carbocycles. The van der Waals surface area contributed by atoms with Gasteiger partial charge in [0.25, 0.3) is 15.9 Å². The number of sulfonamides is 1. The molecule has 2 heterocycles. The van der Waals surface area contributed by atoms with Crippen LogP contribution in [-0.4, -0.2) is 48.2 Å². The van der Waals surface area contributed by atoms with Crippen molar-refractivity contribution < 1.29 is 13.2 Å². The van der Waals surface area contributed by atoms with E-state index in [0.29, 0.717) is 22.8 Å². The monoisotopic (exact) mass is 393 g/mol. The lowest BCUT2D eigenvalue weighted by Gasteiger charge is -2.17. The van der Waals surface area contributed by atoms with Gasteiger partial charge in [-0.1, -0.05) is 17.0 Å². The van der Waals surface area contributed by atoms with E-state index in [2.05, 4.69) is 19.3 Å². The molecule has 0 aliphatic carbocycles. The number of rotatable bonds is 4. The maximum Gasteiger partial charge on any atom is 0.284 e. The molecule has 0 radical (unpaired) electrons. The molecule has 1 aliphatic heterocycles. The standard InChI is InChI=1S/C16H19N5O3S2/c1-21-9-4-2-3-8-15(21)19-26(23,24)13-7-5-6-12(10-13)18-16(22)14-11-17-20-25-14/h5-7,10-11H,2-4,8-9H2,1H3,(H,18,22)/b19-15+. The Morgan fingerprint density at radius 1 is 1.31 bits per heavy atom. The Labute approximate surface area is 156 Å². The Morgan fingerprint density at radius 2 is 2.15 bits per heavy atom. The largest absolute Gasteiger partial charge is 0.362 e. The van der Waals surface area contributed by atoms with E-state index in [1.165, 1.54) is 18.3 Å². The summed E-state index contributed by atoms with van der Waals surface area (Å²) in [6.45, 7) is 0.799. The Morgan fingerprint density at radius 3 is 2.92 bits per heavy atom. The highest BCUT2D eigenvalue weighted by Crippen LogP contribution is 2.20. The van der Waals surface area contributed by atoms with Crippen LogP contribution in [0, 0.1) is 0 Å². The van der Waals surface area contributed by atoms with Crippen molar-refractivity contribution in [3.8, 4) is 0 Å². The summed E-state index contributed by atoms with van der Waals surface area (Å²) in [4.78, 5) is 14.4. The SMILES string of the molecule is CN1CCCCC/C1=N\S(=O)(=O)c1cccc(NC(=O)c2cnns2)c1. The lowest BCUT2D eigenvalue weighted by atomic mass is 10.2. The summed E-state index contributed by atoms with van der Waals surface area (Å²) in [7, 11) is -1.99. The number of nitrogens with zero attached hydrogens (tertiary/aromatic N) is 4. The third kappa shape index (κ3) is 4.44. The second-order valence-corrected chi connectivity index (χ2v) is 8.37. The first-order valence-corrected chi connectivity index (χ1v) is 10.4. The van der Waals surface area contributed by atoms with Crippen molar-refractivity contribution in [1.29, 1.82) is 0 Å². The average molecular weight is 393 g/mol. The molecule has 0 unspecified atom stereocenters. The molecule has 10 heteroatoms. The molecule has 138 valence electrons. The van der Waals surface area contributed by atoms with Crippen LogP contribution < -0.4 is 5.32 Å². The summed E-state index contributed by atoms with van der Waals surface area (Å²) in [5.74, 6) is 0.192. The van der Waals surface area contributed by atoms with Crippen molar-refractivity contribution in [2.75, 3.05) is 18.9 Å². The van der Waals surface area contributed by atoms with Gasteiger partial charge < -0.3 is 10.2 Å². The van der Waals surface area contributed by atoms with E-state index in [0.717, 1.165) is 37.3 Å². The van der Waals surface area contributed by atoms with Crippen LogP contribution in [-0.2, 0) is 10.0 Å². The van der Waals surface area contributed by atoms with Gasteiger partial charge in [-0.3, -0.25) is 4.79 Å². The zero-order chi connectivity index (χ0) is 18.6. The number of hydrogen-bond acceptors (Lipinski definition) is 6. The van der Waals surface area contributed by atoms with Crippen molar-refractivity contribution in [2.24, 2.45) is 4.40 Å². The highest BCUT2D eigenvalue weighted by Gasteiger charge is 2.19. The maximum atomic E-state index is 12.7. The van der Waals surface area contributed by atoms with E-state index < -0.39 is 10.0 Å². The van der Waals surface area contributed by atoms with Gasteiger partial charge in [-0.2, -0.15) is 8.42 Å². The van der Waals surface area contributed by atoms with Crippen molar-refractivity contribution in [3.63, 3.8) is 0 Å². The zero-order valence-electron chi connectivity index (χ0n) is 14.3. The number of carbonyl (C=O) groups is 1. The molecule has 0 bridgehead atoms. The van der Waals surface area contributed by atoms with Crippen LogP contribution in [0.3, 0.4) is 0 Å². The van der Waals surface area contributed by atoms with E-state index in [4.69, 9.17) is 0 Å². The van der Waals surface area contributed by atoms with E-state index in [9.17, 15) is 13.2 Å². The highest BCUT2D eigenvalue weighted by molar-refractivity contribution is 7.90. The molecule has 2 aromatic rings. The predicted octanol–water partition coefficient (Wildman–Crippen LogP) is 2.38. The van der Waals surface area contributed by atoms with Gasteiger partial charge in [-0.15, -0.1) is 9.50 Å². The Kier molecular flexibility index (Phi) is 5.62. The lowest BCUT2D eigenvalue weighted by molar-refractivity contribution is 0.103. The molecular weight excluding hydrogens is 374 g/mol. The second-order valence-electron chi connectivity index (χ2n) is 5.98. The lowest BCUT2D eigenvalue weighted by Crippen LogP contribution is -2.26. The fourth-order valence-corrected chi connectivity index (χ4v) is 4.18. The number of aromatic nitrogens is 2. The summed E-state index contributed by atoms with van der Waals surface area (Å²) in [5, 5.41) is 6.26. The first-order valence-electron chi connectivity index (χ1n) is 8.19. The van der Waals surface area contributed by atoms with Crippen LogP contribution in [0.1, 0.15) is 35.4 Å². The number of carbonyl (C=O) groups excluding carboxylic acids is 1. The van der Waals surface area contributed by atoms with Crippen molar-refractivity contribution >= 4 is 39.0 Å². The minimum Gasteiger partial charge on any atom is -0.362 e. The Balaban J connectivity index is 1.83. The predicted molar refractivity (Wildman–Crippen MR) is 100 cm³/mol. The fraction of sp³-hybridized carbons (Fsp3) is 0.375. The number of benzene rings is 1. The van der Waals surface area contributed by atoms with Gasteiger partial charge in [0.1, 0.15) is 10.7 Å². The first-order chi connectivity index (χ1) is 12.5. The van der Waals surface area contributed by atoms with E-state index in [1.54, 1.807) is 12.1 Å². The van der Waals surface area contributed by atoms with E-state index in [-0.39, 0.29) is 10.8 Å². The molecule has 1 aromatic heterocycles. The first kappa shape index (κ1) is 18.5. The van der Waals surface area contributed by atoms with E-state index >= 15 is 0 Å². The van der Waals surface area contributed by atoms with Gasteiger partial charge in [0.2, 0.25) is 0 Å². The van der Waals surface area contributed by atoms with Gasteiger partial charge >= 0.3 is 0 Å². The number of amidine groups is 1. The second kappa shape index (κ2) is 7.92. The van der Waals surface area contributed by atoms with Crippen LogP contribution in [0.2, 0.25) is 0 Å². The summed E-state index contributed by atoms with van der Waals surface area (Å²) >= 11 is 0.967. The van der Waals surface area contributed by atoms with Crippen LogP contribution in [0.15, 0.2) is 39.8 Å². The van der Waals surface area contributed by atoms with Crippen molar-refractivity contribution in [2.45, 2.75) is 30.6 Å². The van der Waals surface area contributed by atoms with E-state index in [1.807, 2.05) is 11.9 Å². The molecule has 0 saturated carbocycles. The highest BCUT2D eigenvalue weighted by atomic mass is 32.2. The molecule has 8 nitrogen and oxygen atoms in total. The van der Waals surface area contributed by atoms with Crippen LogP contribution in [0.4, 0.5) is 5.69 Å². The minimum absolute atomic E-state index is 0.0443. The molecule has 3 rings (SSSR count). The summed E-state index contributed by atoms with van der Waals surface area (Å²) < 4.78 is 33.0. The number of anilines is 1. The topological polar surface area (TPSA) is 105 Å². The van der Waals surface area contributed by atoms with Crippen LogP contribution in [0.25, 0.3) is 0 Å². The summed E-state index contributed by atoms with van der Waals surface area (Å²) in [6, 6.07) is 6.07. The molecule has 1 fully saturated rings. The Hall–Kier alpha value is -2.33. The summed E-state index contributed by atoms with van der Waals surface area (Å²) in [5.41, 5.74) is 0.374. The smallest absolute Gasteiger partial charge is 0.284 e. The van der Waals surface area contributed by atoms with Gasteiger partial charge in [0.05, 0.1) is 11.1 Å². The number of likely N-dealkylation sites (tertiary alicyclic amines) is 1. The van der Waals surface area contributed by atoms with Gasteiger partial charge in [0, 0.05) is 25.7 Å². The quantitative estimate of drug-likeness (QED) is 0.855. The Bertz CT molecular complexity index is 910. The molecule has 1 saturated heterocycles. The number of nitrogens with one attached hydrogen (secondary N) is 1. The van der Waals surface area contributed by atoms with Gasteiger partial charge in [0.15, 0.2) is 0 Å². The van der Waals surface area contributed by atoms with Crippen molar-refractivity contribution in [3.05, 3.63) is 35.3 Å². The minimum atomic E-state index is -3.85. The molecule has 1 amide bonds. The molecule has 1 aliphatic rings. The molecular formula is C16H19N5O3S2. The van der Waals surface area contributed by atoms with Gasteiger partial charge in [-0.05, 0) is 42.6 Å². The number of amides is 1. The third-order valence-electron chi connectivity index (χ3n) is 4.03. The molecule has 0 atom stereocenters. The van der Waals surface area contributed by atoms with Gasteiger partial charge in [-0.25, -0.2) is 0 Å².